The van der Waals surface area contributed by atoms with E-state index >= 15 is 0 Å². The van der Waals surface area contributed by atoms with Crippen molar-refractivity contribution >= 4 is 17.7 Å². The molecule has 2 aromatic heterocycles. The van der Waals surface area contributed by atoms with Gasteiger partial charge >= 0.3 is 5.97 Å². The molecule has 0 aromatic carbocycles. The number of carbonyl (C=O) groups is 1. The molecule has 0 N–H and O–H groups in total. The van der Waals surface area contributed by atoms with E-state index in [-0.39, 0.29) is 5.97 Å². The molecule has 0 bridgehead atoms. The lowest BCUT2D eigenvalue weighted by molar-refractivity contribution is 0.0521. The molecule has 0 spiro atoms. The highest BCUT2D eigenvalue weighted by Crippen LogP contribution is 2.24. The smallest absolute Gasteiger partial charge is 0.340 e. The lowest BCUT2D eigenvalue weighted by Gasteiger charge is -2.07. The second-order valence-corrected chi connectivity index (χ2v) is 4.69. The van der Waals surface area contributed by atoms with Crippen molar-refractivity contribution in [2.45, 2.75) is 17.7 Å². The quantitative estimate of drug-likeness (QED) is 0.620. The lowest BCUT2D eigenvalue weighted by Crippen LogP contribution is -2.07. The van der Waals surface area contributed by atoms with Gasteiger partial charge in [0.25, 0.3) is 0 Å². The van der Waals surface area contributed by atoms with E-state index in [9.17, 15) is 4.79 Å². The summed E-state index contributed by atoms with van der Waals surface area (Å²) in [6.45, 7) is 2.15. The Balaban J connectivity index is 2.10. The van der Waals surface area contributed by atoms with E-state index in [1.54, 1.807) is 37.6 Å². The minimum atomic E-state index is -0.329. The summed E-state index contributed by atoms with van der Waals surface area (Å²) in [6.07, 6.45) is 5.22. The van der Waals surface area contributed by atoms with E-state index in [2.05, 4.69) is 9.97 Å². The molecular formula is C14H14N2O2S. The molecule has 5 heteroatoms. The fourth-order valence-electron chi connectivity index (χ4n) is 1.51. The molecule has 0 saturated heterocycles. The van der Waals surface area contributed by atoms with Crippen molar-refractivity contribution in [3.8, 4) is 0 Å². The van der Waals surface area contributed by atoms with Crippen LogP contribution in [-0.2, 0) is 10.5 Å². The third-order valence-corrected chi connectivity index (χ3v) is 3.44. The average molecular weight is 274 g/mol. The van der Waals surface area contributed by atoms with Crippen LogP contribution >= 0.6 is 11.8 Å². The first-order valence-corrected chi connectivity index (χ1v) is 6.93. The Labute approximate surface area is 116 Å². The molecule has 0 aliphatic heterocycles. The first-order chi connectivity index (χ1) is 9.31. The Kier molecular flexibility index (Phi) is 4.92. The van der Waals surface area contributed by atoms with Gasteiger partial charge in [-0.3, -0.25) is 4.98 Å². The van der Waals surface area contributed by atoms with E-state index < -0.39 is 0 Å². The summed E-state index contributed by atoms with van der Waals surface area (Å²) in [5.41, 5.74) is 1.60. The van der Waals surface area contributed by atoms with E-state index in [0.29, 0.717) is 17.2 Å². The number of thioether (sulfide) groups is 1. The van der Waals surface area contributed by atoms with Crippen LogP contribution in [0.15, 0.2) is 47.9 Å². The number of hydrogen-bond donors (Lipinski definition) is 0. The predicted molar refractivity (Wildman–Crippen MR) is 74.0 cm³/mol. The number of carbonyl (C=O) groups excluding carboxylic acids is 1. The van der Waals surface area contributed by atoms with Gasteiger partial charge in [-0.15, -0.1) is 11.8 Å². The highest BCUT2D eigenvalue weighted by molar-refractivity contribution is 7.98. The Hall–Kier alpha value is -1.88. The number of aromatic nitrogens is 2. The molecule has 0 aliphatic carbocycles. The summed E-state index contributed by atoms with van der Waals surface area (Å²) >= 11 is 1.50. The molecule has 0 atom stereocenters. The van der Waals surface area contributed by atoms with Crippen molar-refractivity contribution < 1.29 is 9.53 Å². The van der Waals surface area contributed by atoms with E-state index in [4.69, 9.17) is 4.74 Å². The number of esters is 1. The zero-order valence-corrected chi connectivity index (χ0v) is 11.4. The van der Waals surface area contributed by atoms with Gasteiger partial charge in [-0.1, -0.05) is 6.07 Å². The lowest BCUT2D eigenvalue weighted by atomic mass is 10.3. The molecule has 19 heavy (non-hydrogen) atoms. The van der Waals surface area contributed by atoms with Crippen LogP contribution in [0.4, 0.5) is 0 Å². The number of hydrogen-bond acceptors (Lipinski definition) is 5. The maximum atomic E-state index is 11.8. The normalized spacial score (nSPS) is 10.2. The van der Waals surface area contributed by atoms with Crippen LogP contribution in [0.1, 0.15) is 22.8 Å². The van der Waals surface area contributed by atoms with Gasteiger partial charge < -0.3 is 4.74 Å². The third kappa shape index (κ3) is 3.79. The van der Waals surface area contributed by atoms with E-state index in [1.807, 2.05) is 12.1 Å². The minimum Gasteiger partial charge on any atom is -0.462 e. The second-order valence-electron chi connectivity index (χ2n) is 3.73. The van der Waals surface area contributed by atoms with E-state index in [0.717, 1.165) is 11.3 Å². The highest BCUT2D eigenvalue weighted by Gasteiger charge is 2.13. The van der Waals surface area contributed by atoms with Crippen molar-refractivity contribution in [2.24, 2.45) is 0 Å². The predicted octanol–water partition coefficient (Wildman–Crippen LogP) is 2.95. The third-order valence-electron chi connectivity index (χ3n) is 2.36. The standard InChI is InChI=1S/C14H14N2O2S/c1-2-18-14(17)12-6-4-8-16-13(12)19-10-11-5-3-7-15-9-11/h3-9H,2,10H2,1H3. The molecule has 0 saturated carbocycles. The van der Waals surface area contributed by atoms with Gasteiger partial charge in [0.1, 0.15) is 5.03 Å². The maximum absolute atomic E-state index is 11.8. The van der Waals surface area contributed by atoms with Crippen LogP contribution in [0, 0.1) is 0 Å². The minimum absolute atomic E-state index is 0.329. The Morgan fingerprint density at radius 3 is 2.89 bits per heavy atom. The SMILES string of the molecule is CCOC(=O)c1cccnc1SCc1cccnc1. The van der Waals surface area contributed by atoms with Crippen molar-refractivity contribution in [3.63, 3.8) is 0 Å². The summed E-state index contributed by atoms with van der Waals surface area (Å²) in [6, 6.07) is 7.35. The molecule has 98 valence electrons. The van der Waals surface area contributed by atoms with Gasteiger partial charge in [-0.25, -0.2) is 9.78 Å². The molecule has 2 rings (SSSR count). The van der Waals surface area contributed by atoms with Crippen LogP contribution in [0.5, 0.6) is 0 Å². The molecule has 0 radical (unpaired) electrons. The van der Waals surface area contributed by atoms with Crippen molar-refractivity contribution in [1.29, 1.82) is 0 Å². The largest absolute Gasteiger partial charge is 0.462 e. The number of ether oxygens (including phenoxy) is 1. The van der Waals surface area contributed by atoms with Crippen LogP contribution < -0.4 is 0 Å². The second kappa shape index (κ2) is 6.89. The summed E-state index contributed by atoms with van der Waals surface area (Å²) in [5, 5.41) is 0.685. The fourth-order valence-corrected chi connectivity index (χ4v) is 2.42. The van der Waals surface area contributed by atoms with Crippen LogP contribution in [0.2, 0.25) is 0 Å². The Bertz CT molecular complexity index is 546. The molecule has 2 heterocycles. The highest BCUT2D eigenvalue weighted by atomic mass is 32.2. The molecule has 2 aromatic rings. The van der Waals surface area contributed by atoms with Gasteiger partial charge in [-0.05, 0) is 30.7 Å². The van der Waals surface area contributed by atoms with Gasteiger partial charge in [0.05, 0.1) is 12.2 Å². The molecule has 0 amide bonds. The molecular weight excluding hydrogens is 260 g/mol. The number of nitrogens with zero attached hydrogens (tertiary/aromatic N) is 2. The molecule has 0 fully saturated rings. The van der Waals surface area contributed by atoms with Crippen LogP contribution in [0.25, 0.3) is 0 Å². The zero-order chi connectivity index (χ0) is 13.5. The Morgan fingerprint density at radius 1 is 1.32 bits per heavy atom. The zero-order valence-electron chi connectivity index (χ0n) is 10.6. The van der Waals surface area contributed by atoms with Crippen molar-refractivity contribution in [2.75, 3.05) is 6.61 Å². The van der Waals surface area contributed by atoms with Gasteiger partial charge in [-0.2, -0.15) is 0 Å². The van der Waals surface area contributed by atoms with E-state index in [1.165, 1.54) is 11.8 Å². The van der Waals surface area contributed by atoms with Gasteiger partial charge in [0.15, 0.2) is 0 Å². The first kappa shape index (κ1) is 13.5. The monoisotopic (exact) mass is 274 g/mol. The molecule has 0 aliphatic rings. The van der Waals surface area contributed by atoms with Gasteiger partial charge in [0, 0.05) is 24.3 Å². The Morgan fingerprint density at radius 2 is 2.16 bits per heavy atom. The number of rotatable bonds is 5. The summed E-state index contributed by atoms with van der Waals surface area (Å²) in [5.74, 6) is 0.390. The summed E-state index contributed by atoms with van der Waals surface area (Å²) < 4.78 is 5.02. The maximum Gasteiger partial charge on any atom is 0.340 e. The summed E-state index contributed by atoms with van der Waals surface area (Å²) in [4.78, 5) is 20.1. The summed E-state index contributed by atoms with van der Waals surface area (Å²) in [7, 11) is 0. The number of pyridine rings is 2. The van der Waals surface area contributed by atoms with Crippen molar-refractivity contribution in [3.05, 3.63) is 54.0 Å². The topological polar surface area (TPSA) is 52.1 Å². The molecule has 0 unspecified atom stereocenters. The van der Waals surface area contributed by atoms with Gasteiger partial charge in [0.2, 0.25) is 0 Å². The average Bonchev–Trinajstić information content (AvgIpc) is 2.47. The fraction of sp³-hybridized carbons (Fsp3) is 0.214. The molecule has 4 nitrogen and oxygen atoms in total. The first-order valence-electron chi connectivity index (χ1n) is 5.95. The van der Waals surface area contributed by atoms with Crippen LogP contribution in [0.3, 0.4) is 0 Å². The van der Waals surface area contributed by atoms with Crippen molar-refractivity contribution in [1.82, 2.24) is 9.97 Å². The van der Waals surface area contributed by atoms with Crippen LogP contribution in [-0.4, -0.2) is 22.5 Å².